The van der Waals surface area contributed by atoms with Crippen molar-refractivity contribution >= 4 is 22.7 Å². The molecule has 1 aliphatic rings. The van der Waals surface area contributed by atoms with Crippen LogP contribution >= 0.6 is 0 Å². The Morgan fingerprint density at radius 1 is 1.23 bits per heavy atom. The van der Waals surface area contributed by atoms with E-state index in [2.05, 4.69) is 26.8 Å². The fourth-order valence-corrected chi connectivity index (χ4v) is 2.84. The standard InChI is InChI=1S/C16H20N4O2/c1-4-12-15-13(9-10(2)17-12)18-11(3)19-16(15)20-6-5-14(21)22-8-7-20/h9H,4-8H2,1-3H3. The minimum Gasteiger partial charge on any atom is -0.464 e. The van der Waals surface area contributed by atoms with Gasteiger partial charge in [0.15, 0.2) is 0 Å². The highest BCUT2D eigenvalue weighted by Crippen LogP contribution is 2.28. The molecular formula is C16H20N4O2. The largest absolute Gasteiger partial charge is 0.464 e. The zero-order chi connectivity index (χ0) is 15.7. The number of carbonyl (C=O) groups excluding carboxylic acids is 1. The highest BCUT2D eigenvalue weighted by Gasteiger charge is 2.21. The van der Waals surface area contributed by atoms with Gasteiger partial charge in [0.1, 0.15) is 18.2 Å². The molecule has 22 heavy (non-hydrogen) atoms. The summed E-state index contributed by atoms with van der Waals surface area (Å²) in [4.78, 5) is 27.4. The summed E-state index contributed by atoms with van der Waals surface area (Å²) in [6.07, 6.45) is 1.20. The topological polar surface area (TPSA) is 68.2 Å². The van der Waals surface area contributed by atoms with Gasteiger partial charge < -0.3 is 9.64 Å². The van der Waals surface area contributed by atoms with Crippen LogP contribution in [0.5, 0.6) is 0 Å². The molecule has 0 N–H and O–H groups in total. The third kappa shape index (κ3) is 2.73. The summed E-state index contributed by atoms with van der Waals surface area (Å²) in [6, 6.07) is 1.99. The van der Waals surface area contributed by atoms with E-state index in [-0.39, 0.29) is 5.97 Å². The molecule has 1 aliphatic heterocycles. The van der Waals surface area contributed by atoms with E-state index in [1.807, 2.05) is 19.9 Å². The smallest absolute Gasteiger partial charge is 0.307 e. The molecule has 0 radical (unpaired) electrons. The second kappa shape index (κ2) is 5.87. The summed E-state index contributed by atoms with van der Waals surface area (Å²) in [5.74, 6) is 1.44. The fraction of sp³-hybridized carbons (Fsp3) is 0.500. The normalized spacial score (nSPS) is 15.8. The van der Waals surface area contributed by atoms with E-state index in [1.165, 1.54) is 0 Å². The van der Waals surface area contributed by atoms with Gasteiger partial charge in [-0.15, -0.1) is 0 Å². The summed E-state index contributed by atoms with van der Waals surface area (Å²) in [7, 11) is 0. The van der Waals surface area contributed by atoms with E-state index in [0.717, 1.165) is 40.4 Å². The predicted molar refractivity (Wildman–Crippen MR) is 84.0 cm³/mol. The third-order valence-electron chi connectivity index (χ3n) is 3.82. The number of esters is 1. The molecule has 6 heteroatoms. The molecule has 3 rings (SSSR count). The molecule has 2 aromatic rings. The summed E-state index contributed by atoms with van der Waals surface area (Å²) in [5.41, 5.74) is 2.88. The second-order valence-electron chi connectivity index (χ2n) is 5.51. The molecule has 2 aromatic heterocycles. The van der Waals surface area contributed by atoms with Crippen molar-refractivity contribution in [2.24, 2.45) is 0 Å². The lowest BCUT2D eigenvalue weighted by Crippen LogP contribution is -2.27. The number of aryl methyl sites for hydroxylation is 3. The van der Waals surface area contributed by atoms with Crippen molar-refractivity contribution in [2.75, 3.05) is 24.6 Å². The number of nitrogens with zero attached hydrogens (tertiary/aromatic N) is 4. The maximum atomic E-state index is 11.5. The Balaban J connectivity index is 2.17. The SMILES string of the molecule is CCc1nc(C)cc2nc(C)nc(N3CCOC(=O)CC3)c12. The molecule has 0 saturated carbocycles. The molecule has 3 heterocycles. The summed E-state index contributed by atoms with van der Waals surface area (Å²) >= 11 is 0. The number of fused-ring (bicyclic) bond motifs is 1. The minimum absolute atomic E-state index is 0.151. The summed E-state index contributed by atoms with van der Waals surface area (Å²) in [5, 5.41) is 0.994. The summed E-state index contributed by atoms with van der Waals surface area (Å²) < 4.78 is 5.13. The van der Waals surface area contributed by atoms with Gasteiger partial charge in [-0.05, 0) is 26.3 Å². The lowest BCUT2D eigenvalue weighted by Gasteiger charge is -2.23. The Kier molecular flexibility index (Phi) is 3.92. The lowest BCUT2D eigenvalue weighted by molar-refractivity contribution is -0.142. The van der Waals surface area contributed by atoms with Crippen LogP contribution < -0.4 is 4.90 Å². The van der Waals surface area contributed by atoms with Crippen molar-refractivity contribution in [1.82, 2.24) is 15.0 Å². The summed E-state index contributed by atoms with van der Waals surface area (Å²) in [6.45, 7) is 7.61. The first-order valence-corrected chi connectivity index (χ1v) is 7.64. The molecular weight excluding hydrogens is 280 g/mol. The van der Waals surface area contributed by atoms with Crippen molar-refractivity contribution in [3.63, 3.8) is 0 Å². The van der Waals surface area contributed by atoms with Crippen molar-refractivity contribution in [1.29, 1.82) is 0 Å². The van der Waals surface area contributed by atoms with Crippen LogP contribution in [0.2, 0.25) is 0 Å². The minimum atomic E-state index is -0.151. The van der Waals surface area contributed by atoms with Crippen LogP contribution in [-0.2, 0) is 16.0 Å². The number of carbonyl (C=O) groups is 1. The molecule has 0 aliphatic carbocycles. The van der Waals surface area contributed by atoms with Gasteiger partial charge in [0.25, 0.3) is 0 Å². The van der Waals surface area contributed by atoms with Crippen molar-refractivity contribution < 1.29 is 9.53 Å². The quantitative estimate of drug-likeness (QED) is 0.790. The zero-order valence-electron chi connectivity index (χ0n) is 13.2. The fourth-order valence-electron chi connectivity index (χ4n) is 2.84. The first kappa shape index (κ1) is 14.7. The van der Waals surface area contributed by atoms with E-state index in [0.29, 0.717) is 26.1 Å². The van der Waals surface area contributed by atoms with Crippen LogP contribution in [0.3, 0.4) is 0 Å². The first-order valence-electron chi connectivity index (χ1n) is 7.64. The van der Waals surface area contributed by atoms with E-state index >= 15 is 0 Å². The van der Waals surface area contributed by atoms with Crippen LogP contribution in [0.15, 0.2) is 6.07 Å². The van der Waals surface area contributed by atoms with Crippen LogP contribution in [0.1, 0.15) is 30.6 Å². The van der Waals surface area contributed by atoms with Crippen molar-refractivity contribution in [2.45, 2.75) is 33.6 Å². The molecule has 0 atom stereocenters. The van der Waals surface area contributed by atoms with E-state index in [9.17, 15) is 4.79 Å². The average molecular weight is 300 g/mol. The molecule has 0 aromatic carbocycles. The van der Waals surface area contributed by atoms with Gasteiger partial charge in [-0.25, -0.2) is 9.97 Å². The Labute approximate surface area is 129 Å². The highest BCUT2D eigenvalue weighted by molar-refractivity contribution is 5.92. The molecule has 0 spiro atoms. The molecule has 1 fully saturated rings. The third-order valence-corrected chi connectivity index (χ3v) is 3.82. The molecule has 0 unspecified atom stereocenters. The Morgan fingerprint density at radius 3 is 2.82 bits per heavy atom. The van der Waals surface area contributed by atoms with Gasteiger partial charge in [-0.3, -0.25) is 9.78 Å². The number of aromatic nitrogens is 3. The van der Waals surface area contributed by atoms with E-state index in [1.54, 1.807) is 0 Å². The van der Waals surface area contributed by atoms with Crippen LogP contribution in [-0.4, -0.2) is 40.6 Å². The molecule has 116 valence electrons. The number of ether oxygens (including phenoxy) is 1. The van der Waals surface area contributed by atoms with Gasteiger partial charge in [-0.1, -0.05) is 6.92 Å². The Hall–Kier alpha value is -2.24. The number of cyclic esters (lactones) is 1. The maximum absolute atomic E-state index is 11.5. The van der Waals surface area contributed by atoms with Gasteiger partial charge in [0.2, 0.25) is 0 Å². The average Bonchev–Trinajstić information content (AvgIpc) is 2.69. The Bertz CT molecular complexity index is 724. The monoisotopic (exact) mass is 300 g/mol. The van der Waals surface area contributed by atoms with Gasteiger partial charge >= 0.3 is 5.97 Å². The number of anilines is 1. The zero-order valence-corrected chi connectivity index (χ0v) is 13.2. The first-order chi connectivity index (χ1) is 10.6. The number of pyridine rings is 1. The highest BCUT2D eigenvalue weighted by atomic mass is 16.5. The van der Waals surface area contributed by atoms with Gasteiger partial charge in [0.05, 0.1) is 29.6 Å². The van der Waals surface area contributed by atoms with Gasteiger partial charge in [-0.2, -0.15) is 0 Å². The maximum Gasteiger partial charge on any atom is 0.307 e. The molecule has 1 saturated heterocycles. The molecule has 0 amide bonds. The molecule has 6 nitrogen and oxygen atoms in total. The molecule has 0 bridgehead atoms. The van der Waals surface area contributed by atoms with E-state index in [4.69, 9.17) is 4.74 Å². The number of rotatable bonds is 2. The second-order valence-corrected chi connectivity index (χ2v) is 5.51. The van der Waals surface area contributed by atoms with E-state index < -0.39 is 0 Å². The number of hydrogen-bond donors (Lipinski definition) is 0. The van der Waals surface area contributed by atoms with Gasteiger partial charge in [0, 0.05) is 12.2 Å². The predicted octanol–water partition coefficient (Wildman–Crippen LogP) is 1.96. The van der Waals surface area contributed by atoms with Crippen LogP contribution in [0.4, 0.5) is 5.82 Å². The number of hydrogen-bond acceptors (Lipinski definition) is 6. The Morgan fingerprint density at radius 2 is 2.05 bits per heavy atom. The van der Waals surface area contributed by atoms with Crippen molar-refractivity contribution in [3.05, 3.63) is 23.3 Å². The van der Waals surface area contributed by atoms with Crippen molar-refractivity contribution in [3.8, 4) is 0 Å². The van der Waals surface area contributed by atoms with Crippen LogP contribution in [0.25, 0.3) is 10.9 Å². The van der Waals surface area contributed by atoms with Crippen LogP contribution in [0, 0.1) is 13.8 Å². The lowest BCUT2D eigenvalue weighted by atomic mass is 10.1.